The molecule has 5 rings (SSSR count). The SMILES string of the molecule is NCC(N)C(CCC[C@@H]1SC[C@@H]2NC(=O)N[C@@H]21)C(=O)O.NCCN(C(=O)C1CCCO1)c1scc2[nH]cnc12. The second-order valence-electron chi connectivity index (χ2n) is 9.88. The zero-order valence-electron chi connectivity index (χ0n) is 21.7. The molecule has 3 amide bonds. The number of carboxylic acid groups (broad SMARTS) is 1. The zero-order valence-corrected chi connectivity index (χ0v) is 23.3. The van der Waals surface area contributed by atoms with Gasteiger partial charge in [0.05, 0.1) is 29.8 Å². The average Bonchev–Trinajstić information content (AvgIpc) is 3.73. The number of aromatic amines is 1. The minimum absolute atomic E-state index is 0.00491. The Morgan fingerprint density at radius 1 is 1.31 bits per heavy atom. The highest BCUT2D eigenvalue weighted by molar-refractivity contribution is 8.00. The third-order valence-electron chi connectivity index (χ3n) is 7.28. The predicted octanol–water partition coefficient (Wildman–Crippen LogP) is 0.404. The van der Waals surface area contributed by atoms with E-state index in [1.165, 1.54) is 11.3 Å². The van der Waals surface area contributed by atoms with Gasteiger partial charge in [0, 0.05) is 48.7 Å². The summed E-state index contributed by atoms with van der Waals surface area (Å²) >= 11 is 3.33. The van der Waals surface area contributed by atoms with E-state index >= 15 is 0 Å². The number of ether oxygens (including phenoxy) is 1. The molecule has 216 valence electrons. The highest BCUT2D eigenvalue weighted by Crippen LogP contribution is 2.34. The Hall–Kier alpha value is -2.43. The molecule has 3 saturated heterocycles. The Labute approximate surface area is 234 Å². The maximum atomic E-state index is 12.5. The topological polar surface area (TPSA) is 215 Å². The number of H-pyrrole nitrogens is 1. The summed E-state index contributed by atoms with van der Waals surface area (Å²) in [6.45, 7) is 1.75. The zero-order chi connectivity index (χ0) is 27.9. The van der Waals surface area contributed by atoms with Gasteiger partial charge in [-0.15, -0.1) is 11.3 Å². The maximum absolute atomic E-state index is 12.5. The smallest absolute Gasteiger partial charge is 0.315 e. The summed E-state index contributed by atoms with van der Waals surface area (Å²) in [5, 5.41) is 18.1. The van der Waals surface area contributed by atoms with Gasteiger partial charge in [0.15, 0.2) is 0 Å². The summed E-state index contributed by atoms with van der Waals surface area (Å²) in [4.78, 5) is 43.9. The van der Waals surface area contributed by atoms with Crippen LogP contribution in [0.15, 0.2) is 11.7 Å². The van der Waals surface area contributed by atoms with Gasteiger partial charge in [-0.1, -0.05) is 6.42 Å². The molecule has 2 aromatic heterocycles. The first-order valence-electron chi connectivity index (χ1n) is 13.2. The molecule has 0 spiro atoms. The fraction of sp³-hybridized carbons (Fsp3) is 0.667. The molecular formula is C24H38N8O5S2. The standard InChI is InChI=1S/C12H22N4O3S.C12H16N4O2S/c13-4-7(14)6(11(17)18)2-1-3-9-10-8(5-20-9)15-12(19)16-10;13-3-4-16(11(17)9-2-1-5-18-9)12-10-8(6-19-12)14-7-15-10/h6-10H,1-5,13-14H2,(H,17,18)(H2,15,16,19);6-7,9H,1-5,13H2,(H,14,15)/t6?,7?,8-,9-,10-;/m0./s1. The van der Waals surface area contributed by atoms with Crippen LogP contribution < -0.4 is 32.7 Å². The second-order valence-corrected chi connectivity index (χ2v) is 12.0. The Kier molecular flexibility index (Phi) is 10.4. The van der Waals surface area contributed by atoms with Crippen molar-refractivity contribution in [2.75, 3.05) is 36.9 Å². The van der Waals surface area contributed by atoms with E-state index in [1.807, 2.05) is 17.1 Å². The monoisotopic (exact) mass is 582 g/mol. The molecule has 0 aromatic carbocycles. The van der Waals surface area contributed by atoms with Gasteiger partial charge in [-0.25, -0.2) is 9.78 Å². The van der Waals surface area contributed by atoms with E-state index in [-0.39, 0.29) is 36.7 Å². The number of hydrogen-bond donors (Lipinski definition) is 7. The van der Waals surface area contributed by atoms with Gasteiger partial charge in [0.2, 0.25) is 0 Å². The average molecular weight is 583 g/mol. The first kappa shape index (κ1) is 29.6. The van der Waals surface area contributed by atoms with Crippen molar-refractivity contribution < 1.29 is 24.2 Å². The van der Waals surface area contributed by atoms with Crippen LogP contribution in [-0.4, -0.2) is 94.5 Å². The molecule has 3 unspecified atom stereocenters. The molecule has 2 aromatic rings. The molecule has 0 radical (unpaired) electrons. The van der Waals surface area contributed by atoms with Crippen LogP contribution in [0, 0.1) is 5.92 Å². The van der Waals surface area contributed by atoms with Crippen LogP contribution in [0.2, 0.25) is 0 Å². The first-order chi connectivity index (χ1) is 18.8. The van der Waals surface area contributed by atoms with Gasteiger partial charge >= 0.3 is 12.0 Å². The molecule has 39 heavy (non-hydrogen) atoms. The molecule has 15 heteroatoms. The number of fused-ring (bicyclic) bond motifs is 2. The van der Waals surface area contributed by atoms with Gasteiger partial charge < -0.3 is 42.7 Å². The van der Waals surface area contributed by atoms with Crippen LogP contribution in [0.5, 0.6) is 0 Å². The summed E-state index contributed by atoms with van der Waals surface area (Å²) in [6, 6.07) is -0.221. The van der Waals surface area contributed by atoms with Gasteiger partial charge in [-0.3, -0.25) is 14.5 Å². The van der Waals surface area contributed by atoms with Crippen molar-refractivity contribution in [2.45, 2.75) is 61.6 Å². The fourth-order valence-electron chi connectivity index (χ4n) is 5.18. The summed E-state index contributed by atoms with van der Waals surface area (Å²) in [6.07, 6.45) is 5.23. The number of nitrogens with zero attached hydrogens (tertiary/aromatic N) is 2. The minimum atomic E-state index is -0.879. The van der Waals surface area contributed by atoms with Gasteiger partial charge in [0.25, 0.3) is 5.91 Å². The summed E-state index contributed by atoms with van der Waals surface area (Å²) in [7, 11) is 0. The minimum Gasteiger partial charge on any atom is -0.481 e. The van der Waals surface area contributed by atoms with Crippen molar-refractivity contribution in [1.82, 2.24) is 20.6 Å². The predicted molar refractivity (Wildman–Crippen MR) is 152 cm³/mol. The van der Waals surface area contributed by atoms with Crippen LogP contribution in [0.25, 0.3) is 11.0 Å². The molecule has 0 saturated carbocycles. The second kappa shape index (κ2) is 13.8. The maximum Gasteiger partial charge on any atom is 0.315 e. The van der Waals surface area contributed by atoms with Crippen molar-refractivity contribution in [1.29, 1.82) is 0 Å². The number of carbonyl (C=O) groups excluding carboxylic acids is 2. The van der Waals surface area contributed by atoms with E-state index in [0.29, 0.717) is 31.4 Å². The number of urea groups is 1. The lowest BCUT2D eigenvalue weighted by Crippen LogP contribution is -2.41. The van der Waals surface area contributed by atoms with E-state index in [2.05, 4.69) is 20.6 Å². The number of nitrogens with two attached hydrogens (primary N) is 3. The third kappa shape index (κ3) is 7.02. The highest BCUT2D eigenvalue weighted by atomic mass is 32.2. The van der Waals surface area contributed by atoms with E-state index in [1.54, 1.807) is 11.2 Å². The number of rotatable bonds is 11. The van der Waals surface area contributed by atoms with Crippen molar-refractivity contribution >= 4 is 57.0 Å². The van der Waals surface area contributed by atoms with Gasteiger partial charge in [0.1, 0.15) is 16.6 Å². The van der Waals surface area contributed by atoms with Crippen molar-refractivity contribution in [3.05, 3.63) is 11.7 Å². The van der Waals surface area contributed by atoms with Crippen LogP contribution in [0.1, 0.15) is 32.1 Å². The Bertz CT molecular complexity index is 1120. The van der Waals surface area contributed by atoms with Gasteiger partial charge in [-0.2, -0.15) is 11.8 Å². The van der Waals surface area contributed by atoms with Crippen LogP contribution >= 0.6 is 23.1 Å². The molecule has 13 nitrogen and oxygen atoms in total. The lowest BCUT2D eigenvalue weighted by molar-refractivity contribution is -0.142. The Morgan fingerprint density at radius 2 is 2.13 bits per heavy atom. The van der Waals surface area contributed by atoms with Crippen LogP contribution in [0.3, 0.4) is 0 Å². The van der Waals surface area contributed by atoms with Crippen molar-refractivity contribution in [2.24, 2.45) is 23.1 Å². The molecule has 0 aliphatic carbocycles. The molecule has 5 heterocycles. The summed E-state index contributed by atoms with van der Waals surface area (Å²) < 4.78 is 5.48. The Morgan fingerprint density at radius 3 is 2.82 bits per heavy atom. The summed E-state index contributed by atoms with van der Waals surface area (Å²) in [5.74, 6) is -0.553. The molecule has 3 aliphatic rings. The van der Waals surface area contributed by atoms with E-state index in [9.17, 15) is 14.4 Å². The first-order valence-corrected chi connectivity index (χ1v) is 15.2. The quantitative estimate of drug-likeness (QED) is 0.181. The number of thioether (sulfide) groups is 1. The van der Waals surface area contributed by atoms with Gasteiger partial charge in [-0.05, 0) is 25.7 Å². The van der Waals surface area contributed by atoms with E-state index < -0.39 is 17.9 Å². The molecule has 3 fully saturated rings. The number of hydrogen-bond acceptors (Lipinski definition) is 10. The number of nitrogens with one attached hydrogen (secondary N) is 3. The Balaban J connectivity index is 0.000000181. The number of carbonyl (C=O) groups is 3. The lowest BCUT2D eigenvalue weighted by atomic mass is 9.93. The number of imidazole rings is 1. The molecule has 3 aliphatic heterocycles. The van der Waals surface area contributed by atoms with E-state index in [0.717, 1.165) is 47.5 Å². The third-order valence-corrected chi connectivity index (χ3v) is 9.78. The number of thiophene rings is 1. The molecule has 6 atom stereocenters. The molecule has 10 N–H and O–H groups in total. The molecule has 0 bridgehead atoms. The summed E-state index contributed by atoms with van der Waals surface area (Å²) in [5.41, 5.74) is 18.6. The van der Waals surface area contributed by atoms with Crippen LogP contribution in [-0.2, 0) is 14.3 Å². The number of amides is 3. The lowest BCUT2D eigenvalue weighted by Gasteiger charge is -2.23. The van der Waals surface area contributed by atoms with Crippen molar-refractivity contribution in [3.8, 4) is 0 Å². The largest absolute Gasteiger partial charge is 0.481 e. The normalized spacial score (nSPS) is 25.4. The number of aliphatic carboxylic acids is 1. The van der Waals surface area contributed by atoms with Crippen molar-refractivity contribution in [3.63, 3.8) is 0 Å². The van der Waals surface area contributed by atoms with E-state index in [4.69, 9.17) is 27.0 Å². The highest BCUT2D eigenvalue weighted by Gasteiger charge is 2.42. The number of carboxylic acids is 1. The number of aromatic nitrogens is 2. The van der Waals surface area contributed by atoms with Crippen LogP contribution in [0.4, 0.5) is 9.80 Å². The fourth-order valence-corrected chi connectivity index (χ4v) is 7.72. The molecular weight excluding hydrogens is 544 g/mol. The number of anilines is 1.